The van der Waals surface area contributed by atoms with E-state index in [9.17, 15) is 18.0 Å². The number of rotatable bonds is 6. The summed E-state index contributed by atoms with van der Waals surface area (Å²) in [5.41, 5.74) is 5.32. The van der Waals surface area contributed by atoms with Gasteiger partial charge in [0.1, 0.15) is 17.0 Å². The second-order valence-electron chi connectivity index (χ2n) is 8.55. The number of oxazole rings is 1. The number of nitrogens with one attached hydrogen (secondary N) is 1. The van der Waals surface area contributed by atoms with Gasteiger partial charge in [0.15, 0.2) is 11.5 Å². The lowest BCUT2D eigenvalue weighted by atomic mass is 10.1. The molecule has 0 aliphatic carbocycles. The van der Waals surface area contributed by atoms with E-state index in [1.807, 2.05) is 4.90 Å². The molecule has 0 unspecified atom stereocenters. The summed E-state index contributed by atoms with van der Waals surface area (Å²) in [5.74, 6) is 0.426. The first kappa shape index (κ1) is 24.4. The topological polar surface area (TPSA) is 132 Å². The highest BCUT2D eigenvalue weighted by molar-refractivity contribution is 5.98. The second-order valence-corrected chi connectivity index (χ2v) is 8.55. The number of anilines is 1. The van der Waals surface area contributed by atoms with Crippen molar-refractivity contribution in [3.05, 3.63) is 59.9 Å². The van der Waals surface area contributed by atoms with Crippen LogP contribution >= 0.6 is 0 Å². The van der Waals surface area contributed by atoms with Gasteiger partial charge >= 0.3 is 6.18 Å². The summed E-state index contributed by atoms with van der Waals surface area (Å²) in [6, 6.07) is 6.08. The lowest BCUT2D eigenvalue weighted by Gasteiger charge is -2.39. The number of hydrogen-bond donors (Lipinski definition) is 2. The van der Waals surface area contributed by atoms with Crippen LogP contribution in [0.15, 0.2) is 47.1 Å². The Morgan fingerprint density at radius 3 is 2.57 bits per heavy atom. The van der Waals surface area contributed by atoms with Crippen LogP contribution in [-0.2, 0) is 6.18 Å². The maximum atomic E-state index is 13.3. The number of alkyl halides is 3. The number of carbonyl (C=O) groups is 1. The van der Waals surface area contributed by atoms with Gasteiger partial charge in [0.05, 0.1) is 19.2 Å². The number of carbonyl (C=O) groups excluding carboxylic acids is 1. The summed E-state index contributed by atoms with van der Waals surface area (Å²) < 4.78 is 50.9. The number of benzene rings is 1. The Balaban J connectivity index is 1.44. The number of hydrogen-bond acceptors (Lipinski definition) is 9. The van der Waals surface area contributed by atoms with Gasteiger partial charge in [-0.25, -0.2) is 19.9 Å². The van der Waals surface area contributed by atoms with Crippen LogP contribution in [-0.4, -0.2) is 52.1 Å². The molecule has 1 fully saturated rings. The zero-order valence-electron chi connectivity index (χ0n) is 19.8. The molecule has 0 spiro atoms. The van der Waals surface area contributed by atoms with E-state index in [1.54, 1.807) is 31.5 Å². The number of halogens is 3. The third kappa shape index (κ3) is 4.65. The zero-order chi connectivity index (χ0) is 26.3. The summed E-state index contributed by atoms with van der Waals surface area (Å²) in [4.78, 5) is 31.5. The predicted molar refractivity (Wildman–Crippen MR) is 127 cm³/mol. The van der Waals surface area contributed by atoms with Crippen molar-refractivity contribution in [3.63, 3.8) is 0 Å². The Bertz CT molecular complexity index is 1450. The van der Waals surface area contributed by atoms with Crippen molar-refractivity contribution in [2.45, 2.75) is 25.2 Å². The second kappa shape index (κ2) is 9.32. The van der Waals surface area contributed by atoms with E-state index in [2.05, 4.69) is 25.3 Å². The normalized spacial score (nSPS) is 14.9. The minimum Gasteiger partial charge on any atom is -0.494 e. The number of methoxy groups -OCH3 is 1. The van der Waals surface area contributed by atoms with Crippen LogP contribution in [0.1, 0.15) is 34.9 Å². The van der Waals surface area contributed by atoms with E-state index in [0.29, 0.717) is 30.0 Å². The predicted octanol–water partition coefficient (Wildman–Crippen LogP) is 3.35. The standard InChI is InChI=1S/C24H22F3N7O3/c1-12(28)20-19(21(35)31-13-10-34(11-13)23-29-8-3-9-30-23)33-22(37-20)15-4-6-16(36-2)18-14(15)5-7-17(32-18)24(25,26)27/h3-9,12-13H,10-11,28H2,1-2H3,(H,31,35)/t12-/m0/s1. The van der Waals surface area contributed by atoms with Crippen LogP contribution in [0.3, 0.4) is 0 Å². The van der Waals surface area contributed by atoms with Gasteiger partial charge < -0.3 is 25.1 Å². The molecule has 5 rings (SSSR count). The van der Waals surface area contributed by atoms with Crippen molar-refractivity contribution < 1.29 is 27.1 Å². The largest absolute Gasteiger partial charge is 0.494 e. The number of fused-ring (bicyclic) bond motifs is 1. The highest BCUT2D eigenvalue weighted by Crippen LogP contribution is 2.37. The average Bonchev–Trinajstić information content (AvgIpc) is 3.30. The quantitative estimate of drug-likeness (QED) is 0.398. The van der Waals surface area contributed by atoms with Crippen molar-refractivity contribution in [1.29, 1.82) is 0 Å². The van der Waals surface area contributed by atoms with Crippen molar-refractivity contribution >= 4 is 22.8 Å². The van der Waals surface area contributed by atoms with Gasteiger partial charge in [-0.05, 0) is 37.3 Å². The third-order valence-corrected chi connectivity index (χ3v) is 5.89. The summed E-state index contributed by atoms with van der Waals surface area (Å²) >= 11 is 0. The van der Waals surface area contributed by atoms with Gasteiger partial charge in [0.25, 0.3) is 5.91 Å². The molecule has 1 aliphatic heterocycles. The van der Waals surface area contributed by atoms with E-state index >= 15 is 0 Å². The van der Waals surface area contributed by atoms with Crippen molar-refractivity contribution in [2.24, 2.45) is 5.73 Å². The van der Waals surface area contributed by atoms with E-state index in [-0.39, 0.29) is 34.7 Å². The molecule has 4 aromatic rings. The van der Waals surface area contributed by atoms with Gasteiger partial charge in [0, 0.05) is 36.4 Å². The molecule has 1 aliphatic rings. The fraction of sp³-hybridized carbons (Fsp3) is 0.292. The summed E-state index contributed by atoms with van der Waals surface area (Å²) in [6.45, 7) is 2.68. The van der Waals surface area contributed by atoms with Gasteiger partial charge in [-0.2, -0.15) is 13.2 Å². The number of ether oxygens (including phenoxy) is 1. The molecule has 1 saturated heterocycles. The molecule has 3 N–H and O–H groups in total. The molecular weight excluding hydrogens is 491 g/mol. The van der Waals surface area contributed by atoms with Crippen LogP contribution in [0.25, 0.3) is 22.4 Å². The number of pyridine rings is 1. The molecule has 0 saturated carbocycles. The Morgan fingerprint density at radius 2 is 1.92 bits per heavy atom. The fourth-order valence-corrected chi connectivity index (χ4v) is 4.06. The Kier molecular flexibility index (Phi) is 6.15. The van der Waals surface area contributed by atoms with E-state index in [1.165, 1.54) is 19.2 Å². The van der Waals surface area contributed by atoms with Crippen LogP contribution < -0.4 is 20.7 Å². The Morgan fingerprint density at radius 1 is 1.19 bits per heavy atom. The molecular formula is C24H22F3N7O3. The van der Waals surface area contributed by atoms with Crippen LogP contribution in [0.5, 0.6) is 5.75 Å². The molecule has 0 bridgehead atoms. The van der Waals surface area contributed by atoms with Crippen molar-refractivity contribution in [3.8, 4) is 17.2 Å². The number of nitrogens with zero attached hydrogens (tertiary/aromatic N) is 5. The first-order chi connectivity index (χ1) is 17.7. The van der Waals surface area contributed by atoms with Crippen LogP contribution in [0, 0.1) is 0 Å². The average molecular weight is 513 g/mol. The fourth-order valence-electron chi connectivity index (χ4n) is 4.06. The van der Waals surface area contributed by atoms with E-state index < -0.39 is 23.8 Å². The summed E-state index contributed by atoms with van der Waals surface area (Å²) in [7, 11) is 1.34. The monoisotopic (exact) mass is 513 g/mol. The highest BCUT2D eigenvalue weighted by Gasteiger charge is 2.34. The smallest absolute Gasteiger partial charge is 0.433 e. The lowest BCUT2D eigenvalue weighted by Crippen LogP contribution is -2.60. The minimum atomic E-state index is -4.63. The van der Waals surface area contributed by atoms with Gasteiger partial charge in [-0.15, -0.1) is 0 Å². The number of aromatic nitrogens is 4. The van der Waals surface area contributed by atoms with Crippen molar-refractivity contribution in [1.82, 2.24) is 25.3 Å². The Labute approximate surface area is 208 Å². The SMILES string of the molecule is COc1ccc(-c2nc(C(=O)NC3CN(c4ncccn4)C3)c([C@H](C)N)o2)c2ccc(C(F)(F)F)nc12. The zero-order valence-corrected chi connectivity index (χ0v) is 19.8. The van der Waals surface area contributed by atoms with Gasteiger partial charge in [0.2, 0.25) is 11.8 Å². The maximum absolute atomic E-state index is 13.3. The number of nitrogens with two attached hydrogens (primary N) is 1. The molecule has 4 heterocycles. The molecule has 1 amide bonds. The molecule has 0 radical (unpaired) electrons. The molecule has 192 valence electrons. The number of amides is 1. The molecule has 10 nitrogen and oxygen atoms in total. The van der Waals surface area contributed by atoms with E-state index in [0.717, 1.165) is 6.07 Å². The molecule has 13 heteroatoms. The maximum Gasteiger partial charge on any atom is 0.433 e. The molecule has 1 atom stereocenters. The summed E-state index contributed by atoms with van der Waals surface area (Å²) in [5, 5.41) is 3.21. The first-order valence-electron chi connectivity index (χ1n) is 11.3. The molecule has 1 aromatic carbocycles. The minimum absolute atomic E-state index is 0.00301. The highest BCUT2D eigenvalue weighted by atomic mass is 19.4. The molecule has 3 aromatic heterocycles. The Hall–Kier alpha value is -4.26. The van der Waals surface area contributed by atoms with Gasteiger partial charge in [-0.3, -0.25) is 4.79 Å². The van der Waals surface area contributed by atoms with Crippen LogP contribution in [0.4, 0.5) is 19.1 Å². The van der Waals surface area contributed by atoms with Crippen molar-refractivity contribution in [2.75, 3.05) is 25.1 Å². The third-order valence-electron chi connectivity index (χ3n) is 5.89. The van der Waals surface area contributed by atoms with Crippen LogP contribution in [0.2, 0.25) is 0 Å². The van der Waals surface area contributed by atoms with Gasteiger partial charge in [-0.1, -0.05) is 0 Å². The lowest BCUT2D eigenvalue weighted by molar-refractivity contribution is -0.140. The summed E-state index contributed by atoms with van der Waals surface area (Å²) in [6.07, 6.45) is -1.35. The first-order valence-corrected chi connectivity index (χ1v) is 11.3. The molecule has 37 heavy (non-hydrogen) atoms. The van der Waals surface area contributed by atoms with E-state index in [4.69, 9.17) is 14.9 Å².